The molecule has 0 amide bonds. The molecule has 6 heteroatoms. The van der Waals surface area contributed by atoms with Gasteiger partial charge in [-0.15, -0.1) is 0 Å². The number of ether oxygens (including phenoxy) is 1. The van der Waals surface area contributed by atoms with Crippen molar-refractivity contribution in [3.63, 3.8) is 0 Å². The molecule has 4 rings (SSSR count). The number of hydrogen-bond acceptors (Lipinski definition) is 5. The van der Waals surface area contributed by atoms with E-state index in [-0.39, 0.29) is 0 Å². The van der Waals surface area contributed by atoms with Gasteiger partial charge in [0.2, 0.25) is 0 Å². The van der Waals surface area contributed by atoms with Crippen LogP contribution in [0.25, 0.3) is 16.9 Å². The SMILES string of the molecule is COc1cccc(Nc2nc3ccc(C)cc3nc2-n2nc(C)cc2C)c1. The third kappa shape index (κ3) is 3.33. The van der Waals surface area contributed by atoms with Gasteiger partial charge in [0.15, 0.2) is 11.6 Å². The Bertz CT molecular complexity index is 1130. The second-order valence-electron chi connectivity index (χ2n) is 6.58. The van der Waals surface area contributed by atoms with Crippen molar-refractivity contribution in [2.75, 3.05) is 12.4 Å². The lowest BCUT2D eigenvalue weighted by molar-refractivity contribution is 0.415. The maximum atomic E-state index is 5.32. The van der Waals surface area contributed by atoms with Crippen molar-refractivity contribution < 1.29 is 4.74 Å². The molecular weight excluding hydrogens is 338 g/mol. The average molecular weight is 359 g/mol. The number of methoxy groups -OCH3 is 1. The summed E-state index contributed by atoms with van der Waals surface area (Å²) in [6, 6.07) is 15.8. The van der Waals surface area contributed by atoms with Crippen LogP contribution in [0.1, 0.15) is 17.0 Å². The lowest BCUT2D eigenvalue weighted by atomic mass is 10.2. The van der Waals surface area contributed by atoms with Crippen LogP contribution in [0.15, 0.2) is 48.5 Å². The zero-order valence-corrected chi connectivity index (χ0v) is 15.8. The van der Waals surface area contributed by atoms with Crippen molar-refractivity contribution in [1.82, 2.24) is 19.7 Å². The number of hydrogen-bond donors (Lipinski definition) is 1. The summed E-state index contributed by atoms with van der Waals surface area (Å²) >= 11 is 0. The fraction of sp³-hybridized carbons (Fsp3) is 0.190. The summed E-state index contributed by atoms with van der Waals surface area (Å²) in [5.41, 5.74) is 5.63. The third-order valence-electron chi connectivity index (χ3n) is 4.34. The minimum Gasteiger partial charge on any atom is -0.497 e. The van der Waals surface area contributed by atoms with Crippen molar-refractivity contribution >= 4 is 22.5 Å². The van der Waals surface area contributed by atoms with Gasteiger partial charge in [0.25, 0.3) is 0 Å². The van der Waals surface area contributed by atoms with E-state index >= 15 is 0 Å². The zero-order chi connectivity index (χ0) is 19.0. The number of anilines is 2. The normalized spacial score (nSPS) is 11.0. The highest BCUT2D eigenvalue weighted by Crippen LogP contribution is 2.27. The Labute approximate surface area is 157 Å². The van der Waals surface area contributed by atoms with Crippen molar-refractivity contribution in [2.45, 2.75) is 20.8 Å². The Morgan fingerprint density at radius 2 is 1.78 bits per heavy atom. The van der Waals surface area contributed by atoms with Crippen LogP contribution in [0.4, 0.5) is 11.5 Å². The Morgan fingerprint density at radius 3 is 2.52 bits per heavy atom. The van der Waals surface area contributed by atoms with E-state index < -0.39 is 0 Å². The molecule has 2 aromatic heterocycles. The molecule has 27 heavy (non-hydrogen) atoms. The predicted molar refractivity (Wildman–Crippen MR) is 107 cm³/mol. The molecule has 136 valence electrons. The van der Waals surface area contributed by atoms with Crippen LogP contribution in [-0.2, 0) is 0 Å². The zero-order valence-electron chi connectivity index (χ0n) is 15.8. The van der Waals surface area contributed by atoms with Gasteiger partial charge >= 0.3 is 0 Å². The molecule has 0 spiro atoms. The average Bonchev–Trinajstić information content (AvgIpc) is 2.99. The van der Waals surface area contributed by atoms with Gasteiger partial charge in [-0.3, -0.25) is 0 Å². The van der Waals surface area contributed by atoms with Crippen LogP contribution in [0.3, 0.4) is 0 Å². The second-order valence-corrected chi connectivity index (χ2v) is 6.58. The van der Waals surface area contributed by atoms with E-state index in [4.69, 9.17) is 14.7 Å². The van der Waals surface area contributed by atoms with E-state index in [1.165, 1.54) is 0 Å². The largest absolute Gasteiger partial charge is 0.497 e. The van der Waals surface area contributed by atoms with E-state index in [2.05, 4.69) is 10.4 Å². The number of aryl methyl sites for hydroxylation is 3. The topological polar surface area (TPSA) is 64.9 Å². The Morgan fingerprint density at radius 1 is 0.926 bits per heavy atom. The summed E-state index contributed by atoms with van der Waals surface area (Å²) in [4.78, 5) is 9.68. The summed E-state index contributed by atoms with van der Waals surface area (Å²) in [5.74, 6) is 2.09. The summed E-state index contributed by atoms with van der Waals surface area (Å²) in [6.07, 6.45) is 0. The molecule has 0 unspecified atom stereocenters. The molecule has 0 aliphatic heterocycles. The number of nitrogens with zero attached hydrogens (tertiary/aromatic N) is 4. The molecule has 2 aromatic carbocycles. The fourth-order valence-electron chi connectivity index (χ4n) is 3.07. The highest BCUT2D eigenvalue weighted by Gasteiger charge is 2.15. The molecule has 1 N–H and O–H groups in total. The minimum absolute atomic E-state index is 0.644. The molecule has 0 radical (unpaired) electrons. The van der Waals surface area contributed by atoms with Crippen LogP contribution in [0, 0.1) is 20.8 Å². The van der Waals surface area contributed by atoms with Crippen LogP contribution in [-0.4, -0.2) is 26.9 Å². The quantitative estimate of drug-likeness (QED) is 0.581. The first-order valence-electron chi connectivity index (χ1n) is 8.76. The minimum atomic E-state index is 0.644. The number of fused-ring (bicyclic) bond motifs is 1. The number of aromatic nitrogens is 4. The van der Waals surface area contributed by atoms with Gasteiger partial charge in [0.1, 0.15) is 5.75 Å². The van der Waals surface area contributed by atoms with E-state index in [1.807, 2.05) is 74.0 Å². The molecule has 0 saturated heterocycles. The van der Waals surface area contributed by atoms with Gasteiger partial charge in [-0.2, -0.15) is 5.10 Å². The summed E-state index contributed by atoms with van der Waals surface area (Å²) in [7, 11) is 1.65. The van der Waals surface area contributed by atoms with Crippen LogP contribution in [0.5, 0.6) is 5.75 Å². The molecule has 0 aliphatic carbocycles. The Hall–Kier alpha value is -3.41. The molecule has 2 heterocycles. The van der Waals surface area contributed by atoms with E-state index in [1.54, 1.807) is 7.11 Å². The lowest BCUT2D eigenvalue weighted by Gasteiger charge is -2.14. The van der Waals surface area contributed by atoms with Gasteiger partial charge in [0, 0.05) is 17.4 Å². The number of nitrogens with one attached hydrogen (secondary N) is 1. The maximum Gasteiger partial charge on any atom is 0.197 e. The van der Waals surface area contributed by atoms with Crippen LogP contribution >= 0.6 is 0 Å². The standard InChI is InChI=1S/C21H21N5O/c1-13-8-9-18-19(10-13)24-21(26-15(3)11-14(2)25-26)20(23-18)22-16-6-5-7-17(12-16)27-4/h5-12H,1-4H3,(H,22,23). The van der Waals surface area contributed by atoms with Gasteiger partial charge in [0.05, 0.1) is 23.8 Å². The molecular formula is C21H21N5O. The molecule has 6 nitrogen and oxygen atoms in total. The third-order valence-corrected chi connectivity index (χ3v) is 4.34. The summed E-state index contributed by atoms with van der Waals surface area (Å²) in [6.45, 7) is 6.03. The first-order valence-corrected chi connectivity index (χ1v) is 8.76. The molecule has 0 fully saturated rings. The summed E-state index contributed by atoms with van der Waals surface area (Å²) in [5, 5.41) is 7.97. The van der Waals surface area contributed by atoms with Crippen LogP contribution < -0.4 is 10.1 Å². The first kappa shape index (κ1) is 17.0. The predicted octanol–water partition coefficient (Wildman–Crippen LogP) is 4.49. The van der Waals surface area contributed by atoms with Crippen molar-refractivity contribution in [3.8, 4) is 11.6 Å². The molecule has 4 aromatic rings. The first-order chi connectivity index (χ1) is 13.0. The van der Waals surface area contributed by atoms with Crippen LogP contribution in [0.2, 0.25) is 0 Å². The maximum absolute atomic E-state index is 5.32. The Balaban J connectivity index is 1.89. The van der Waals surface area contributed by atoms with Crippen molar-refractivity contribution in [1.29, 1.82) is 0 Å². The van der Waals surface area contributed by atoms with E-state index in [9.17, 15) is 0 Å². The monoisotopic (exact) mass is 359 g/mol. The smallest absolute Gasteiger partial charge is 0.197 e. The van der Waals surface area contributed by atoms with Gasteiger partial charge in [-0.25, -0.2) is 14.6 Å². The van der Waals surface area contributed by atoms with Gasteiger partial charge in [-0.05, 0) is 56.7 Å². The fourth-order valence-corrected chi connectivity index (χ4v) is 3.07. The number of benzene rings is 2. The van der Waals surface area contributed by atoms with E-state index in [0.29, 0.717) is 11.6 Å². The van der Waals surface area contributed by atoms with Crippen molar-refractivity contribution in [2.24, 2.45) is 0 Å². The number of rotatable bonds is 4. The Kier molecular flexibility index (Phi) is 4.24. The molecule has 0 aliphatic rings. The highest BCUT2D eigenvalue weighted by atomic mass is 16.5. The second kappa shape index (κ2) is 6.72. The van der Waals surface area contributed by atoms with Gasteiger partial charge < -0.3 is 10.1 Å². The highest BCUT2D eigenvalue weighted by molar-refractivity contribution is 5.80. The molecule has 0 bridgehead atoms. The van der Waals surface area contributed by atoms with E-state index in [0.717, 1.165) is 39.4 Å². The summed E-state index contributed by atoms with van der Waals surface area (Å²) < 4.78 is 7.15. The van der Waals surface area contributed by atoms with Crippen molar-refractivity contribution in [3.05, 3.63) is 65.5 Å². The molecule has 0 saturated carbocycles. The lowest BCUT2D eigenvalue weighted by Crippen LogP contribution is -2.08. The van der Waals surface area contributed by atoms with Gasteiger partial charge in [-0.1, -0.05) is 12.1 Å². The molecule has 0 atom stereocenters.